The van der Waals surface area contributed by atoms with Crippen LogP contribution in [0.3, 0.4) is 0 Å². The van der Waals surface area contributed by atoms with Crippen molar-refractivity contribution in [2.45, 2.75) is 6.42 Å². The Morgan fingerprint density at radius 2 is 1.58 bits per heavy atom. The summed E-state index contributed by atoms with van der Waals surface area (Å²) in [4.78, 5) is 5.48. The number of quaternary nitrogens is 2. The first-order valence-electron chi connectivity index (χ1n) is 8.73. The van der Waals surface area contributed by atoms with E-state index < -0.39 is 0 Å². The number of hydrogen-bond donors (Lipinski definition) is 2. The van der Waals surface area contributed by atoms with Gasteiger partial charge in [-0.3, -0.25) is 0 Å². The molecule has 1 rings (SSSR count). The fourth-order valence-corrected chi connectivity index (χ4v) is 4.65. The number of anilines is 1. The summed E-state index contributed by atoms with van der Waals surface area (Å²) in [6.07, 6.45) is 1.22. The lowest BCUT2D eigenvalue weighted by atomic mass is 10.2. The summed E-state index contributed by atoms with van der Waals surface area (Å²) in [5.41, 5.74) is 1.25. The molecule has 1 aromatic carbocycles. The quantitative estimate of drug-likeness (QED) is 0.389. The summed E-state index contributed by atoms with van der Waals surface area (Å²) >= 11 is 0. The van der Waals surface area contributed by atoms with E-state index in [2.05, 4.69) is 45.2 Å². The highest BCUT2D eigenvalue weighted by Crippen LogP contribution is 2.19. The molecule has 138 valence electrons. The third kappa shape index (κ3) is 9.67. The normalized spacial score (nSPS) is 12.4. The van der Waals surface area contributed by atoms with E-state index in [1.807, 2.05) is 33.7 Å². The van der Waals surface area contributed by atoms with Gasteiger partial charge >= 0.3 is 0 Å². The molecule has 0 amide bonds. The molecule has 0 aromatic heterocycles. The minimum Gasteiger partial charge on any atom is -0.497 e. The molecule has 0 spiro atoms. The largest absolute Gasteiger partial charge is 0.497 e. The molecule has 1 unspecified atom stereocenters. The van der Waals surface area contributed by atoms with E-state index in [-0.39, 0.29) is 0 Å². The second-order valence-corrected chi connectivity index (χ2v) is 9.23. The number of hydrogen-bond acceptors (Lipinski definition) is 4. The van der Waals surface area contributed by atoms with Gasteiger partial charge in [-0.25, -0.2) is 0 Å². The Morgan fingerprint density at radius 1 is 0.958 bits per heavy atom. The lowest BCUT2D eigenvalue weighted by Gasteiger charge is -2.21. The Hall–Kier alpha value is -0.560. The number of nitrogens with zero attached hydrogens (tertiary/aromatic N) is 1. The van der Waals surface area contributed by atoms with Crippen LogP contribution in [-0.4, -0.2) is 73.0 Å². The van der Waals surface area contributed by atoms with E-state index in [0.717, 1.165) is 12.3 Å². The minimum atomic E-state index is 0.915. The molecule has 0 heterocycles. The molecule has 6 heteroatoms. The first kappa shape index (κ1) is 21.5. The van der Waals surface area contributed by atoms with E-state index in [0.29, 0.717) is 0 Å². The third-order valence-electron chi connectivity index (χ3n) is 3.99. The maximum absolute atomic E-state index is 5.21. The molecule has 0 aliphatic carbocycles. The standard InChI is InChI=1S/C18H33N3OS2/c1-19(2)13-15-23-24-16-14-20(3)11-6-12-21(4)17-7-9-18(22-5)10-8-17/h7-10H,6,11-16H2,1-5H3/p+2. The van der Waals surface area contributed by atoms with Gasteiger partial charge in [0.15, 0.2) is 0 Å². The van der Waals surface area contributed by atoms with Crippen LogP contribution in [0.4, 0.5) is 5.69 Å². The highest BCUT2D eigenvalue weighted by Gasteiger charge is 2.05. The average Bonchev–Trinajstić information content (AvgIpc) is 2.57. The van der Waals surface area contributed by atoms with Crippen molar-refractivity contribution >= 4 is 27.3 Å². The second kappa shape index (κ2) is 12.8. The fourth-order valence-electron chi connectivity index (χ4n) is 2.29. The van der Waals surface area contributed by atoms with E-state index in [1.165, 1.54) is 48.1 Å². The maximum atomic E-state index is 5.21. The molecule has 0 aliphatic rings. The highest BCUT2D eigenvalue weighted by atomic mass is 33.1. The summed E-state index contributed by atoms with van der Waals surface area (Å²) in [6, 6.07) is 8.29. The molecule has 0 bridgehead atoms. The van der Waals surface area contributed by atoms with Crippen molar-refractivity contribution in [2.75, 3.05) is 77.9 Å². The zero-order chi connectivity index (χ0) is 17.8. The van der Waals surface area contributed by atoms with Crippen molar-refractivity contribution in [3.63, 3.8) is 0 Å². The van der Waals surface area contributed by atoms with Crippen molar-refractivity contribution in [2.24, 2.45) is 0 Å². The van der Waals surface area contributed by atoms with Gasteiger partial charge < -0.3 is 19.4 Å². The predicted octanol–water partition coefficient (Wildman–Crippen LogP) is 0.562. The number of methoxy groups -OCH3 is 1. The Labute approximate surface area is 156 Å². The van der Waals surface area contributed by atoms with E-state index in [1.54, 1.807) is 12.0 Å². The van der Waals surface area contributed by atoms with Gasteiger partial charge in [-0.1, -0.05) is 21.6 Å². The molecule has 0 aliphatic heterocycles. The summed E-state index contributed by atoms with van der Waals surface area (Å²) in [7, 11) is 14.6. The number of benzene rings is 1. The van der Waals surface area contributed by atoms with Crippen LogP contribution in [0.25, 0.3) is 0 Å². The Balaban J connectivity index is 2.08. The molecule has 2 N–H and O–H groups in total. The molecule has 4 nitrogen and oxygen atoms in total. The van der Waals surface area contributed by atoms with Crippen LogP contribution in [0.2, 0.25) is 0 Å². The van der Waals surface area contributed by atoms with Gasteiger partial charge in [0.05, 0.1) is 59.4 Å². The van der Waals surface area contributed by atoms with Crippen LogP contribution in [0.1, 0.15) is 6.42 Å². The van der Waals surface area contributed by atoms with Gasteiger partial charge in [0.2, 0.25) is 0 Å². The van der Waals surface area contributed by atoms with E-state index >= 15 is 0 Å². The molecule has 1 atom stereocenters. The summed E-state index contributed by atoms with van der Waals surface area (Å²) < 4.78 is 5.21. The van der Waals surface area contributed by atoms with Crippen LogP contribution in [0.15, 0.2) is 24.3 Å². The van der Waals surface area contributed by atoms with Crippen molar-refractivity contribution in [1.29, 1.82) is 0 Å². The lowest BCUT2D eigenvalue weighted by Crippen LogP contribution is -3.09. The second-order valence-electron chi connectivity index (χ2n) is 6.53. The van der Waals surface area contributed by atoms with Crippen molar-refractivity contribution in [3.8, 4) is 5.75 Å². The van der Waals surface area contributed by atoms with Crippen molar-refractivity contribution in [3.05, 3.63) is 24.3 Å². The zero-order valence-corrected chi connectivity index (χ0v) is 17.6. The molecule has 0 radical (unpaired) electrons. The fraction of sp³-hybridized carbons (Fsp3) is 0.667. The van der Waals surface area contributed by atoms with Gasteiger partial charge in [0, 0.05) is 25.7 Å². The first-order chi connectivity index (χ1) is 11.5. The van der Waals surface area contributed by atoms with Crippen LogP contribution >= 0.6 is 21.6 Å². The minimum absolute atomic E-state index is 0.915. The van der Waals surface area contributed by atoms with Crippen LogP contribution in [0.5, 0.6) is 5.75 Å². The van der Waals surface area contributed by atoms with Gasteiger partial charge in [-0.15, -0.1) is 0 Å². The van der Waals surface area contributed by atoms with Gasteiger partial charge in [0.25, 0.3) is 0 Å². The average molecular weight is 374 g/mol. The van der Waals surface area contributed by atoms with Gasteiger partial charge in [-0.05, 0) is 24.3 Å². The highest BCUT2D eigenvalue weighted by molar-refractivity contribution is 8.76. The zero-order valence-electron chi connectivity index (χ0n) is 15.9. The molecule has 0 fully saturated rings. The smallest absolute Gasteiger partial charge is 0.119 e. The van der Waals surface area contributed by atoms with E-state index in [4.69, 9.17) is 4.74 Å². The monoisotopic (exact) mass is 373 g/mol. The molecular weight excluding hydrogens is 338 g/mol. The van der Waals surface area contributed by atoms with Gasteiger partial charge in [0.1, 0.15) is 5.75 Å². The molecule has 0 saturated heterocycles. The topological polar surface area (TPSA) is 21.4 Å². The molecule has 0 saturated carbocycles. The Kier molecular flexibility index (Phi) is 11.4. The summed E-state index contributed by atoms with van der Waals surface area (Å²) in [5, 5.41) is 0. The van der Waals surface area contributed by atoms with Crippen molar-refractivity contribution < 1.29 is 14.5 Å². The number of rotatable bonds is 13. The molecule has 24 heavy (non-hydrogen) atoms. The SMILES string of the molecule is COc1ccc(N(C)CCC[NH+](C)CCSSCC[NH+](C)C)cc1. The third-order valence-corrected chi connectivity index (χ3v) is 6.40. The Morgan fingerprint density at radius 3 is 2.17 bits per heavy atom. The van der Waals surface area contributed by atoms with Crippen LogP contribution in [0, 0.1) is 0 Å². The number of nitrogens with one attached hydrogen (secondary N) is 2. The maximum Gasteiger partial charge on any atom is 0.119 e. The van der Waals surface area contributed by atoms with Crippen LogP contribution < -0.4 is 19.4 Å². The Bertz CT molecular complexity index is 429. The molecular formula is C18H35N3OS2+2. The predicted molar refractivity (Wildman–Crippen MR) is 110 cm³/mol. The van der Waals surface area contributed by atoms with Crippen molar-refractivity contribution in [1.82, 2.24) is 0 Å². The molecule has 1 aromatic rings. The lowest BCUT2D eigenvalue weighted by molar-refractivity contribution is -0.876. The summed E-state index contributed by atoms with van der Waals surface area (Å²) in [6.45, 7) is 4.82. The first-order valence-corrected chi connectivity index (χ1v) is 11.2. The van der Waals surface area contributed by atoms with Gasteiger partial charge in [-0.2, -0.15) is 0 Å². The van der Waals surface area contributed by atoms with Crippen LogP contribution in [-0.2, 0) is 0 Å². The summed E-state index contributed by atoms with van der Waals surface area (Å²) in [5.74, 6) is 3.41. The van der Waals surface area contributed by atoms with E-state index in [9.17, 15) is 0 Å². The number of ether oxygens (including phenoxy) is 1.